The van der Waals surface area contributed by atoms with Crippen LogP contribution in [0.25, 0.3) is 0 Å². The van der Waals surface area contributed by atoms with E-state index in [0.29, 0.717) is 17.7 Å². The Morgan fingerprint density at radius 3 is 2.57 bits per heavy atom. The Hall–Kier alpha value is -1.99. The van der Waals surface area contributed by atoms with E-state index in [1.165, 1.54) is 0 Å². The number of aliphatic hydroxyl groups excluding tert-OH is 1. The number of nitrogens with two attached hydrogens (primary N) is 1. The topological polar surface area (TPSA) is 104 Å². The Labute approximate surface area is 134 Å². The van der Waals surface area contributed by atoms with Crippen molar-refractivity contribution in [2.75, 3.05) is 13.7 Å². The van der Waals surface area contributed by atoms with E-state index in [4.69, 9.17) is 10.8 Å². The maximum Gasteiger partial charge on any atom is 0.328 e. The second-order valence-corrected chi connectivity index (χ2v) is 6.38. The molecule has 2 fully saturated rings. The minimum Gasteiger partial charge on any atom is -0.396 e. The van der Waals surface area contributed by atoms with Gasteiger partial charge in [-0.25, -0.2) is 4.79 Å². The van der Waals surface area contributed by atoms with E-state index in [-0.39, 0.29) is 24.6 Å². The van der Waals surface area contributed by atoms with E-state index in [1.54, 1.807) is 6.08 Å². The lowest BCUT2D eigenvalue weighted by atomic mass is 9.62. The van der Waals surface area contributed by atoms with Crippen LogP contribution in [0.1, 0.15) is 12.8 Å². The highest BCUT2D eigenvalue weighted by Gasteiger charge is 2.63. The SMILES string of the molecule is C=CC1C2C(CCCO)=CC(C3C(=O)N(C(N)=O)C(=O)C32)N1C. The first-order valence-electron chi connectivity index (χ1n) is 7.77. The average Bonchev–Trinajstić information content (AvgIpc) is 2.78. The van der Waals surface area contributed by atoms with Gasteiger partial charge in [0, 0.05) is 24.6 Å². The van der Waals surface area contributed by atoms with Crippen LogP contribution in [0.5, 0.6) is 0 Å². The molecule has 0 spiro atoms. The van der Waals surface area contributed by atoms with Gasteiger partial charge in [0.25, 0.3) is 0 Å². The normalized spacial score (nSPS) is 36.2. The summed E-state index contributed by atoms with van der Waals surface area (Å²) in [6, 6.07) is -1.35. The van der Waals surface area contributed by atoms with Gasteiger partial charge in [0.05, 0.1) is 11.8 Å². The van der Waals surface area contributed by atoms with Crippen molar-refractivity contribution in [2.45, 2.75) is 24.9 Å². The monoisotopic (exact) mass is 319 g/mol. The van der Waals surface area contributed by atoms with Crippen molar-refractivity contribution in [1.29, 1.82) is 0 Å². The molecule has 7 heteroatoms. The number of fused-ring (bicyclic) bond motifs is 1. The molecule has 3 heterocycles. The molecule has 5 unspecified atom stereocenters. The van der Waals surface area contributed by atoms with Crippen molar-refractivity contribution >= 4 is 17.8 Å². The van der Waals surface area contributed by atoms with Crippen molar-refractivity contribution in [3.05, 3.63) is 24.3 Å². The van der Waals surface area contributed by atoms with Gasteiger partial charge in [-0.1, -0.05) is 17.7 Å². The molecule has 7 nitrogen and oxygen atoms in total. The molecule has 0 aromatic carbocycles. The fourth-order valence-electron chi connectivity index (χ4n) is 4.43. The van der Waals surface area contributed by atoms with Gasteiger partial charge in [-0.3, -0.25) is 14.5 Å². The first-order valence-corrected chi connectivity index (χ1v) is 7.77. The molecule has 4 rings (SSSR count). The Balaban J connectivity index is 2.05. The standard InChI is InChI=1S/C16H21N3O4/c1-3-9-11-8(5-4-6-20)7-10(18(9)2)12-13(11)15(22)19(14(12)21)16(17)23/h3,7,9-13,20H,1,4-6H2,2H3,(H2,17,23). The Kier molecular flexibility index (Phi) is 3.85. The molecule has 5 atom stereocenters. The largest absolute Gasteiger partial charge is 0.396 e. The number of carbonyl (C=O) groups excluding carboxylic acids is 3. The second-order valence-electron chi connectivity index (χ2n) is 6.38. The summed E-state index contributed by atoms with van der Waals surface area (Å²) in [6.07, 6.45) is 5.06. The molecule has 3 aliphatic heterocycles. The van der Waals surface area contributed by atoms with E-state index in [2.05, 4.69) is 6.58 Å². The number of likely N-dealkylation sites (tertiary alicyclic amines) is 1. The van der Waals surface area contributed by atoms with Crippen molar-refractivity contribution < 1.29 is 19.5 Å². The van der Waals surface area contributed by atoms with Gasteiger partial charge in [-0.2, -0.15) is 4.90 Å². The van der Waals surface area contributed by atoms with Crippen LogP contribution in [0.15, 0.2) is 24.3 Å². The summed E-state index contributed by atoms with van der Waals surface area (Å²) in [5.41, 5.74) is 6.28. The molecule has 3 N–H and O–H groups in total. The van der Waals surface area contributed by atoms with Crippen LogP contribution < -0.4 is 5.73 Å². The van der Waals surface area contributed by atoms with Gasteiger partial charge in [0.2, 0.25) is 11.8 Å². The molecule has 0 aromatic rings. The molecule has 2 bridgehead atoms. The molecule has 124 valence electrons. The zero-order valence-electron chi connectivity index (χ0n) is 13.0. The first kappa shape index (κ1) is 15.9. The molecule has 23 heavy (non-hydrogen) atoms. The first-order chi connectivity index (χ1) is 10.9. The molecule has 1 aliphatic carbocycles. The molecular formula is C16H21N3O4. The van der Waals surface area contributed by atoms with E-state index in [0.717, 1.165) is 5.57 Å². The lowest BCUT2D eigenvalue weighted by Crippen LogP contribution is -2.60. The Morgan fingerprint density at radius 1 is 1.35 bits per heavy atom. The van der Waals surface area contributed by atoms with Crippen LogP contribution in [-0.2, 0) is 9.59 Å². The van der Waals surface area contributed by atoms with Crippen LogP contribution >= 0.6 is 0 Å². The number of aliphatic hydroxyl groups is 1. The number of nitrogens with zero attached hydrogens (tertiary/aromatic N) is 2. The quantitative estimate of drug-likeness (QED) is 0.554. The number of hydrogen-bond acceptors (Lipinski definition) is 5. The number of primary amides is 1. The Morgan fingerprint density at radius 2 is 2.00 bits per heavy atom. The zero-order valence-corrected chi connectivity index (χ0v) is 13.0. The molecule has 2 saturated heterocycles. The van der Waals surface area contributed by atoms with Gasteiger partial charge in [0.1, 0.15) is 0 Å². The van der Waals surface area contributed by atoms with Crippen molar-refractivity contribution in [2.24, 2.45) is 23.5 Å². The number of amides is 4. The molecule has 4 amide bonds. The van der Waals surface area contributed by atoms with Crippen molar-refractivity contribution in [1.82, 2.24) is 9.80 Å². The van der Waals surface area contributed by atoms with E-state index in [1.807, 2.05) is 18.0 Å². The number of urea groups is 1. The molecule has 0 saturated carbocycles. The smallest absolute Gasteiger partial charge is 0.328 e. The summed E-state index contributed by atoms with van der Waals surface area (Å²) in [7, 11) is 1.89. The zero-order chi connectivity index (χ0) is 16.9. The number of likely N-dealkylation sites (N-methyl/N-ethyl adjacent to an activating group) is 1. The summed E-state index contributed by atoms with van der Waals surface area (Å²) < 4.78 is 0. The summed E-state index contributed by atoms with van der Waals surface area (Å²) in [6.45, 7) is 3.93. The van der Waals surface area contributed by atoms with Crippen molar-refractivity contribution in [3.63, 3.8) is 0 Å². The number of rotatable bonds is 4. The highest BCUT2D eigenvalue weighted by atomic mass is 16.3. The summed E-state index contributed by atoms with van der Waals surface area (Å²) >= 11 is 0. The fourth-order valence-corrected chi connectivity index (χ4v) is 4.43. The minimum atomic E-state index is -1.01. The molecule has 0 aromatic heterocycles. The Bertz CT molecular complexity index is 614. The maximum absolute atomic E-state index is 12.6. The number of piperidine rings is 1. The van der Waals surface area contributed by atoms with Gasteiger partial charge < -0.3 is 10.8 Å². The predicted octanol–water partition coefficient (Wildman–Crippen LogP) is -0.136. The van der Waals surface area contributed by atoms with Crippen LogP contribution in [0, 0.1) is 17.8 Å². The van der Waals surface area contributed by atoms with Crippen LogP contribution in [-0.4, -0.2) is 58.5 Å². The van der Waals surface area contributed by atoms with Crippen LogP contribution in [0.2, 0.25) is 0 Å². The average molecular weight is 319 g/mol. The molecule has 0 radical (unpaired) electrons. The van der Waals surface area contributed by atoms with Gasteiger partial charge in [-0.05, 0) is 19.9 Å². The number of carbonyl (C=O) groups is 3. The van der Waals surface area contributed by atoms with Gasteiger partial charge in [0.15, 0.2) is 0 Å². The van der Waals surface area contributed by atoms with Gasteiger partial charge in [-0.15, -0.1) is 6.58 Å². The van der Waals surface area contributed by atoms with E-state index >= 15 is 0 Å². The minimum absolute atomic E-state index is 0.0672. The number of hydrogen-bond donors (Lipinski definition) is 2. The fraction of sp³-hybridized carbons (Fsp3) is 0.562. The summed E-state index contributed by atoms with van der Waals surface area (Å²) in [4.78, 5) is 39.3. The third-order valence-corrected chi connectivity index (χ3v) is 5.36. The summed E-state index contributed by atoms with van der Waals surface area (Å²) in [5.74, 6) is -2.36. The highest BCUT2D eigenvalue weighted by Crippen LogP contribution is 2.51. The summed E-state index contributed by atoms with van der Waals surface area (Å²) in [5, 5.41) is 9.09. The van der Waals surface area contributed by atoms with E-state index in [9.17, 15) is 14.4 Å². The lowest BCUT2D eigenvalue weighted by molar-refractivity contribution is -0.136. The van der Waals surface area contributed by atoms with Crippen molar-refractivity contribution in [3.8, 4) is 0 Å². The molecule has 4 aliphatic rings. The van der Waals surface area contributed by atoms with Crippen LogP contribution in [0.4, 0.5) is 4.79 Å². The van der Waals surface area contributed by atoms with E-state index < -0.39 is 29.7 Å². The second kappa shape index (κ2) is 5.58. The maximum atomic E-state index is 12.6. The number of imide groups is 3. The highest BCUT2D eigenvalue weighted by molar-refractivity contribution is 6.17. The third-order valence-electron chi connectivity index (χ3n) is 5.36. The predicted molar refractivity (Wildman–Crippen MR) is 81.8 cm³/mol. The lowest BCUT2D eigenvalue weighted by Gasteiger charge is -2.52. The molecular weight excluding hydrogens is 298 g/mol. The van der Waals surface area contributed by atoms with Gasteiger partial charge >= 0.3 is 6.03 Å². The van der Waals surface area contributed by atoms with Crippen LogP contribution in [0.3, 0.4) is 0 Å². The third kappa shape index (κ3) is 2.07.